The zero-order chi connectivity index (χ0) is 14.6. The predicted molar refractivity (Wildman–Crippen MR) is 69.6 cm³/mol. The highest BCUT2D eigenvalue weighted by atomic mass is 32.2. The second-order valence-electron chi connectivity index (χ2n) is 4.78. The van der Waals surface area contributed by atoms with Gasteiger partial charge in [-0.3, -0.25) is 14.5 Å². The van der Waals surface area contributed by atoms with Gasteiger partial charge in [0.25, 0.3) is 0 Å². The molecule has 1 N–H and O–H groups in total. The molecule has 1 aliphatic rings. The Labute approximate surface area is 113 Å². The quantitative estimate of drug-likeness (QED) is 0.701. The summed E-state index contributed by atoms with van der Waals surface area (Å²) in [7, 11) is -3.37. The van der Waals surface area contributed by atoms with Crippen molar-refractivity contribution in [2.24, 2.45) is 0 Å². The van der Waals surface area contributed by atoms with Gasteiger partial charge in [-0.15, -0.1) is 0 Å². The first-order chi connectivity index (χ1) is 8.71. The molecule has 0 saturated carbocycles. The van der Waals surface area contributed by atoms with Crippen LogP contribution in [0.1, 0.15) is 13.3 Å². The van der Waals surface area contributed by atoms with E-state index in [1.165, 1.54) is 11.8 Å². The normalized spacial score (nSPS) is 19.2. The average molecular weight is 292 g/mol. The molecule has 0 spiro atoms. The van der Waals surface area contributed by atoms with Crippen LogP contribution in [0.3, 0.4) is 0 Å². The van der Waals surface area contributed by atoms with Gasteiger partial charge in [0.1, 0.15) is 5.25 Å². The minimum absolute atomic E-state index is 0.0771. The van der Waals surface area contributed by atoms with Crippen LogP contribution in [0.5, 0.6) is 0 Å². The lowest BCUT2D eigenvalue weighted by atomic mass is 10.2. The van der Waals surface area contributed by atoms with Crippen LogP contribution in [0, 0.1) is 0 Å². The van der Waals surface area contributed by atoms with E-state index < -0.39 is 21.1 Å². The largest absolute Gasteiger partial charge is 0.481 e. The molecule has 0 bridgehead atoms. The molecule has 1 atom stereocenters. The molecule has 1 saturated heterocycles. The third kappa shape index (κ3) is 4.79. The van der Waals surface area contributed by atoms with Crippen molar-refractivity contribution in [1.82, 2.24) is 9.80 Å². The lowest BCUT2D eigenvalue weighted by molar-refractivity contribution is -0.138. The Morgan fingerprint density at radius 2 is 1.74 bits per heavy atom. The molecule has 19 heavy (non-hydrogen) atoms. The number of nitrogens with zero attached hydrogens (tertiary/aromatic N) is 2. The number of hydrogen-bond donors (Lipinski definition) is 1. The maximum atomic E-state index is 12.0. The first kappa shape index (κ1) is 15.9. The van der Waals surface area contributed by atoms with E-state index in [2.05, 4.69) is 0 Å². The number of piperazine rings is 1. The van der Waals surface area contributed by atoms with Crippen LogP contribution in [0.25, 0.3) is 0 Å². The molecular weight excluding hydrogens is 272 g/mol. The molecule has 110 valence electrons. The molecule has 1 rings (SSSR count). The summed E-state index contributed by atoms with van der Waals surface area (Å²) in [6.07, 6.45) is 1.13. The lowest BCUT2D eigenvalue weighted by Gasteiger charge is -2.35. The summed E-state index contributed by atoms with van der Waals surface area (Å²) in [5.41, 5.74) is 0. The molecule has 0 aromatic rings. The van der Waals surface area contributed by atoms with E-state index in [1.807, 2.05) is 4.90 Å². The summed E-state index contributed by atoms with van der Waals surface area (Å²) in [5, 5.41) is 7.57. The number of carbonyl (C=O) groups is 2. The van der Waals surface area contributed by atoms with Crippen LogP contribution in [-0.2, 0) is 19.4 Å². The van der Waals surface area contributed by atoms with Gasteiger partial charge in [-0.1, -0.05) is 0 Å². The van der Waals surface area contributed by atoms with Crippen molar-refractivity contribution < 1.29 is 23.1 Å². The molecule has 1 aliphatic heterocycles. The SMILES string of the molecule is CC(C(=O)N1CCN(CCC(=O)O)CC1)S(C)(=O)=O. The van der Waals surface area contributed by atoms with Gasteiger partial charge in [0.15, 0.2) is 9.84 Å². The molecule has 0 aromatic heterocycles. The summed E-state index contributed by atoms with van der Waals surface area (Å²) in [6.45, 7) is 3.90. The van der Waals surface area contributed by atoms with Crippen molar-refractivity contribution in [2.45, 2.75) is 18.6 Å². The highest BCUT2D eigenvalue weighted by Crippen LogP contribution is 2.08. The second kappa shape index (κ2) is 6.33. The number of sulfone groups is 1. The molecule has 1 heterocycles. The highest BCUT2D eigenvalue weighted by molar-refractivity contribution is 7.92. The van der Waals surface area contributed by atoms with Gasteiger partial charge < -0.3 is 10.0 Å². The van der Waals surface area contributed by atoms with Crippen molar-refractivity contribution >= 4 is 21.7 Å². The molecule has 1 fully saturated rings. The van der Waals surface area contributed by atoms with Crippen molar-refractivity contribution in [3.8, 4) is 0 Å². The Morgan fingerprint density at radius 3 is 2.16 bits per heavy atom. The Kier molecular flexibility index (Phi) is 5.30. The van der Waals surface area contributed by atoms with Gasteiger partial charge in [-0.05, 0) is 6.92 Å². The van der Waals surface area contributed by atoms with Crippen molar-refractivity contribution in [1.29, 1.82) is 0 Å². The third-order valence-electron chi connectivity index (χ3n) is 3.32. The fraction of sp³-hybridized carbons (Fsp3) is 0.818. The van der Waals surface area contributed by atoms with Gasteiger partial charge >= 0.3 is 5.97 Å². The van der Waals surface area contributed by atoms with Gasteiger partial charge in [0.05, 0.1) is 6.42 Å². The number of carboxylic acids is 1. The number of carbonyl (C=O) groups excluding carboxylic acids is 1. The lowest BCUT2D eigenvalue weighted by Crippen LogP contribution is -2.52. The second-order valence-corrected chi connectivity index (χ2v) is 7.15. The van der Waals surface area contributed by atoms with Crippen LogP contribution >= 0.6 is 0 Å². The zero-order valence-electron chi connectivity index (χ0n) is 11.2. The minimum atomic E-state index is -3.37. The number of amides is 1. The topological polar surface area (TPSA) is 95.0 Å². The molecule has 1 amide bonds. The number of hydrogen-bond acceptors (Lipinski definition) is 5. The van der Waals surface area contributed by atoms with Crippen LogP contribution in [0.4, 0.5) is 0 Å². The first-order valence-electron chi connectivity index (χ1n) is 6.13. The number of carboxylic acid groups (broad SMARTS) is 1. The Bertz CT molecular complexity index is 440. The summed E-state index contributed by atoms with van der Waals surface area (Å²) in [4.78, 5) is 25.9. The molecule has 0 radical (unpaired) electrons. The van der Waals surface area contributed by atoms with E-state index in [9.17, 15) is 18.0 Å². The maximum Gasteiger partial charge on any atom is 0.304 e. The zero-order valence-corrected chi connectivity index (χ0v) is 12.0. The van der Waals surface area contributed by atoms with Crippen molar-refractivity contribution in [3.05, 3.63) is 0 Å². The summed E-state index contributed by atoms with van der Waals surface area (Å²) in [6, 6.07) is 0. The van der Waals surface area contributed by atoms with Gasteiger partial charge in [-0.2, -0.15) is 0 Å². The summed E-state index contributed by atoms with van der Waals surface area (Å²) >= 11 is 0. The minimum Gasteiger partial charge on any atom is -0.481 e. The van der Waals surface area contributed by atoms with Crippen LogP contribution in [0.2, 0.25) is 0 Å². The van der Waals surface area contributed by atoms with E-state index >= 15 is 0 Å². The van der Waals surface area contributed by atoms with E-state index in [0.29, 0.717) is 32.7 Å². The van der Waals surface area contributed by atoms with Gasteiger partial charge in [0, 0.05) is 39.0 Å². The Balaban J connectivity index is 2.45. The van der Waals surface area contributed by atoms with Crippen molar-refractivity contribution in [2.75, 3.05) is 39.0 Å². The predicted octanol–water partition coefficient (Wildman–Crippen LogP) is -0.962. The third-order valence-corrected chi connectivity index (χ3v) is 4.80. The fourth-order valence-corrected chi connectivity index (χ4v) is 2.40. The van der Waals surface area contributed by atoms with Crippen LogP contribution in [0.15, 0.2) is 0 Å². The van der Waals surface area contributed by atoms with E-state index in [-0.39, 0.29) is 12.3 Å². The molecule has 0 aromatic carbocycles. The molecule has 7 nitrogen and oxygen atoms in total. The number of rotatable bonds is 5. The van der Waals surface area contributed by atoms with Crippen LogP contribution in [-0.4, -0.2) is 79.4 Å². The first-order valence-corrected chi connectivity index (χ1v) is 8.09. The monoisotopic (exact) mass is 292 g/mol. The summed E-state index contributed by atoms with van der Waals surface area (Å²) < 4.78 is 22.7. The average Bonchev–Trinajstić information content (AvgIpc) is 2.34. The van der Waals surface area contributed by atoms with Gasteiger partial charge in [-0.25, -0.2) is 8.42 Å². The highest BCUT2D eigenvalue weighted by Gasteiger charge is 2.30. The van der Waals surface area contributed by atoms with E-state index in [1.54, 1.807) is 0 Å². The Hall–Kier alpha value is -1.15. The van der Waals surface area contributed by atoms with Gasteiger partial charge in [0.2, 0.25) is 5.91 Å². The van der Waals surface area contributed by atoms with Crippen molar-refractivity contribution in [3.63, 3.8) is 0 Å². The fourth-order valence-electron chi connectivity index (χ4n) is 1.89. The number of aliphatic carboxylic acids is 1. The maximum absolute atomic E-state index is 12.0. The molecular formula is C11H20N2O5S. The van der Waals surface area contributed by atoms with Crippen LogP contribution < -0.4 is 0 Å². The smallest absolute Gasteiger partial charge is 0.304 e. The Morgan fingerprint density at radius 1 is 1.21 bits per heavy atom. The molecule has 0 aliphatic carbocycles. The molecule has 1 unspecified atom stereocenters. The van der Waals surface area contributed by atoms with E-state index in [0.717, 1.165) is 6.26 Å². The summed E-state index contributed by atoms with van der Waals surface area (Å²) in [5.74, 6) is -1.22. The van der Waals surface area contributed by atoms with E-state index in [4.69, 9.17) is 5.11 Å². The standard InChI is InChI=1S/C11H20N2O5S/c1-9(19(2,17)18)11(16)13-7-5-12(6-8-13)4-3-10(14)15/h9H,3-8H2,1-2H3,(H,14,15). The molecule has 8 heteroatoms.